The van der Waals surface area contributed by atoms with Gasteiger partial charge in [-0.15, -0.1) is 0 Å². The van der Waals surface area contributed by atoms with Crippen molar-refractivity contribution < 1.29 is 32.2 Å². The number of morpholine rings is 1. The van der Waals surface area contributed by atoms with Crippen molar-refractivity contribution in [3.8, 4) is 16.8 Å². The Balaban J connectivity index is 1.28. The number of nitrogens with one attached hydrogen (secondary N) is 2. The van der Waals surface area contributed by atoms with Gasteiger partial charge >= 0.3 is 12.3 Å². The van der Waals surface area contributed by atoms with Gasteiger partial charge in [-0.2, -0.15) is 18.3 Å². The zero-order chi connectivity index (χ0) is 33.8. The molecule has 1 fully saturated rings. The normalized spacial score (nSPS) is 14.4. The van der Waals surface area contributed by atoms with E-state index in [0.717, 1.165) is 36.5 Å². The molecule has 0 unspecified atom stereocenters. The van der Waals surface area contributed by atoms with E-state index in [1.54, 1.807) is 68.2 Å². The van der Waals surface area contributed by atoms with Gasteiger partial charge in [-0.1, -0.05) is 30.3 Å². The van der Waals surface area contributed by atoms with Crippen molar-refractivity contribution in [2.24, 2.45) is 0 Å². The average Bonchev–Trinajstić information content (AvgIpc) is 3.54. The molecule has 5 rings (SSSR count). The third-order valence-electron chi connectivity index (χ3n) is 7.52. The predicted octanol–water partition coefficient (Wildman–Crippen LogP) is 6.31. The van der Waals surface area contributed by atoms with Crippen LogP contribution in [0.2, 0.25) is 0 Å². The maximum absolute atomic E-state index is 13.6. The van der Waals surface area contributed by atoms with Crippen molar-refractivity contribution in [1.29, 1.82) is 0 Å². The van der Waals surface area contributed by atoms with Crippen molar-refractivity contribution in [1.82, 2.24) is 25.4 Å². The minimum Gasteiger partial charge on any atom is -0.444 e. The van der Waals surface area contributed by atoms with Crippen molar-refractivity contribution in [3.63, 3.8) is 0 Å². The van der Waals surface area contributed by atoms with Crippen LogP contribution in [0.25, 0.3) is 16.8 Å². The van der Waals surface area contributed by atoms with Crippen molar-refractivity contribution in [2.45, 2.75) is 52.1 Å². The molecule has 248 valence electrons. The summed E-state index contributed by atoms with van der Waals surface area (Å²) in [5, 5.41) is 10.0. The number of rotatable bonds is 8. The van der Waals surface area contributed by atoms with Crippen LogP contribution in [0.15, 0.2) is 73.3 Å². The second kappa shape index (κ2) is 13.8. The highest BCUT2D eigenvalue weighted by Crippen LogP contribution is 2.34. The highest BCUT2D eigenvalue weighted by atomic mass is 19.4. The van der Waals surface area contributed by atoms with Crippen LogP contribution in [0.1, 0.15) is 60.8 Å². The quantitative estimate of drug-likeness (QED) is 0.230. The zero-order valence-corrected chi connectivity index (χ0v) is 26.6. The lowest BCUT2D eigenvalue weighted by molar-refractivity contribution is -0.137. The third kappa shape index (κ3) is 8.67. The van der Waals surface area contributed by atoms with E-state index in [0.29, 0.717) is 41.2 Å². The number of nitrogens with zero attached hydrogens (tertiary/aromatic N) is 4. The van der Waals surface area contributed by atoms with E-state index in [-0.39, 0.29) is 12.5 Å². The van der Waals surface area contributed by atoms with E-state index in [1.807, 2.05) is 13.1 Å². The van der Waals surface area contributed by atoms with Crippen molar-refractivity contribution in [3.05, 3.63) is 95.6 Å². The summed E-state index contributed by atoms with van der Waals surface area (Å²) < 4.78 is 53.2. The van der Waals surface area contributed by atoms with Gasteiger partial charge in [0.05, 0.1) is 60.3 Å². The Bertz CT molecular complexity index is 1710. The van der Waals surface area contributed by atoms with Crippen LogP contribution in [0.5, 0.6) is 0 Å². The molecule has 47 heavy (non-hydrogen) atoms. The Kier molecular flexibility index (Phi) is 9.85. The SMILES string of the molecule is C[C@@H](NC(=O)c1cncc(-n2cc(N3CCOCC3)cn2)c1)c1ccc(-c2cc(C(F)(F)F)ccc2CNC(=O)OC(C)(C)C)cc1. The number of benzene rings is 2. The van der Waals surface area contributed by atoms with Crippen LogP contribution < -0.4 is 15.5 Å². The number of alkyl halides is 3. The smallest absolute Gasteiger partial charge is 0.416 e. The fraction of sp³-hybridized carbons (Fsp3) is 0.353. The van der Waals surface area contributed by atoms with Crippen LogP contribution in [-0.2, 0) is 22.2 Å². The minimum atomic E-state index is -4.54. The number of hydrogen-bond donors (Lipinski definition) is 2. The Morgan fingerprint density at radius 3 is 2.38 bits per heavy atom. The number of alkyl carbamates (subject to hydrolysis) is 1. The van der Waals surface area contributed by atoms with E-state index in [2.05, 4.69) is 25.6 Å². The Hall–Kier alpha value is -4.91. The van der Waals surface area contributed by atoms with Crippen LogP contribution in [-0.4, -0.2) is 58.7 Å². The Labute approximate surface area is 270 Å². The molecule has 13 heteroatoms. The first kappa shape index (κ1) is 33.5. The van der Waals surface area contributed by atoms with E-state index in [1.165, 1.54) is 12.3 Å². The lowest BCUT2D eigenvalue weighted by atomic mass is 9.95. The molecule has 1 atom stereocenters. The summed E-state index contributed by atoms with van der Waals surface area (Å²) in [6.07, 6.45) is 1.54. The van der Waals surface area contributed by atoms with Crippen LogP contribution in [0, 0.1) is 0 Å². The van der Waals surface area contributed by atoms with Crippen LogP contribution in [0.4, 0.5) is 23.7 Å². The molecule has 0 aliphatic carbocycles. The molecular weight excluding hydrogens is 613 g/mol. The molecular formula is C34H37F3N6O4. The molecule has 2 aromatic heterocycles. The third-order valence-corrected chi connectivity index (χ3v) is 7.52. The summed E-state index contributed by atoms with van der Waals surface area (Å²) >= 11 is 0. The summed E-state index contributed by atoms with van der Waals surface area (Å²) in [4.78, 5) is 31.8. The van der Waals surface area contributed by atoms with E-state index >= 15 is 0 Å². The summed E-state index contributed by atoms with van der Waals surface area (Å²) in [5.41, 5.74) is 2.48. The van der Waals surface area contributed by atoms with E-state index < -0.39 is 29.5 Å². The van der Waals surface area contributed by atoms with Crippen molar-refractivity contribution >= 4 is 17.7 Å². The molecule has 1 aliphatic heterocycles. The summed E-state index contributed by atoms with van der Waals surface area (Å²) in [6, 6.07) is 11.6. The van der Waals surface area contributed by atoms with E-state index in [9.17, 15) is 22.8 Å². The number of anilines is 1. The molecule has 0 spiro atoms. The standard InChI is InChI=1S/C34H37F3N6O4/c1-22(41-31(44)26-15-28(19-38-17-26)43-21-29(20-40-43)42-11-13-46-14-12-42)23-5-7-24(8-6-23)30-16-27(34(35,36)37)10-9-25(30)18-39-32(45)47-33(2,3)4/h5-10,15-17,19-22H,11-14,18H2,1-4H3,(H,39,45)(H,41,44)/t22-/m1/s1. The fourth-order valence-electron chi connectivity index (χ4n) is 5.09. The molecule has 2 aromatic carbocycles. The molecule has 4 aromatic rings. The highest BCUT2D eigenvalue weighted by molar-refractivity contribution is 5.94. The van der Waals surface area contributed by atoms with Gasteiger partial charge in [0.25, 0.3) is 5.91 Å². The molecule has 10 nitrogen and oxygen atoms in total. The number of pyridine rings is 1. The molecule has 0 bridgehead atoms. The van der Waals surface area contributed by atoms with Gasteiger partial charge in [-0.05, 0) is 68.1 Å². The molecule has 2 N–H and O–H groups in total. The van der Waals surface area contributed by atoms with Gasteiger partial charge in [-0.3, -0.25) is 9.78 Å². The fourth-order valence-corrected chi connectivity index (χ4v) is 5.09. The van der Waals surface area contributed by atoms with E-state index in [4.69, 9.17) is 9.47 Å². The van der Waals surface area contributed by atoms with Crippen molar-refractivity contribution in [2.75, 3.05) is 31.2 Å². The maximum Gasteiger partial charge on any atom is 0.416 e. The number of hydrogen-bond acceptors (Lipinski definition) is 7. The number of carbonyl (C=O) groups excluding carboxylic acids is 2. The first-order valence-corrected chi connectivity index (χ1v) is 15.2. The highest BCUT2D eigenvalue weighted by Gasteiger charge is 2.31. The largest absolute Gasteiger partial charge is 0.444 e. The molecule has 3 heterocycles. The lowest BCUT2D eigenvalue weighted by Gasteiger charge is -2.27. The summed E-state index contributed by atoms with van der Waals surface area (Å²) in [7, 11) is 0. The molecule has 0 saturated carbocycles. The van der Waals surface area contributed by atoms with Gasteiger partial charge in [0.1, 0.15) is 5.60 Å². The number of carbonyl (C=O) groups is 2. The number of ether oxygens (including phenoxy) is 2. The Morgan fingerprint density at radius 1 is 0.979 bits per heavy atom. The molecule has 0 radical (unpaired) electrons. The monoisotopic (exact) mass is 650 g/mol. The summed E-state index contributed by atoms with van der Waals surface area (Å²) in [6.45, 7) is 9.81. The number of aromatic nitrogens is 3. The maximum atomic E-state index is 13.6. The van der Waals surface area contributed by atoms with Gasteiger partial charge < -0.3 is 25.0 Å². The molecule has 2 amide bonds. The zero-order valence-electron chi connectivity index (χ0n) is 26.6. The summed E-state index contributed by atoms with van der Waals surface area (Å²) in [5.74, 6) is -0.343. The van der Waals surface area contributed by atoms with Gasteiger partial charge in [0, 0.05) is 25.8 Å². The Morgan fingerprint density at radius 2 is 1.70 bits per heavy atom. The second-order valence-corrected chi connectivity index (χ2v) is 12.2. The van der Waals surface area contributed by atoms with Crippen LogP contribution >= 0.6 is 0 Å². The molecule has 1 saturated heterocycles. The first-order chi connectivity index (χ1) is 22.3. The topological polar surface area (TPSA) is 111 Å². The lowest BCUT2D eigenvalue weighted by Crippen LogP contribution is -2.35. The minimum absolute atomic E-state index is 0.0310. The molecule has 1 aliphatic rings. The number of amides is 2. The first-order valence-electron chi connectivity index (χ1n) is 15.2. The van der Waals surface area contributed by atoms with Gasteiger partial charge in [-0.25, -0.2) is 9.48 Å². The number of halogens is 3. The van der Waals surface area contributed by atoms with Gasteiger partial charge in [0.15, 0.2) is 0 Å². The van der Waals surface area contributed by atoms with Gasteiger partial charge in [0.2, 0.25) is 0 Å². The van der Waals surface area contributed by atoms with Crippen LogP contribution in [0.3, 0.4) is 0 Å². The average molecular weight is 651 g/mol. The second-order valence-electron chi connectivity index (χ2n) is 12.2. The predicted molar refractivity (Wildman–Crippen MR) is 170 cm³/mol.